The minimum atomic E-state index is -0.217. The maximum atomic E-state index is 13.2. The van der Waals surface area contributed by atoms with E-state index in [0.29, 0.717) is 0 Å². The smallest absolute Gasteiger partial charge is 0.123 e. The van der Waals surface area contributed by atoms with Crippen LogP contribution >= 0.6 is 0 Å². The van der Waals surface area contributed by atoms with Crippen molar-refractivity contribution in [1.82, 2.24) is 9.78 Å². The molecule has 1 aromatic carbocycles. The van der Waals surface area contributed by atoms with Gasteiger partial charge in [-0.25, -0.2) is 9.07 Å². The molecule has 2 aliphatic carbocycles. The van der Waals surface area contributed by atoms with Gasteiger partial charge in [0.1, 0.15) is 5.82 Å². The number of rotatable bonds is 1. The van der Waals surface area contributed by atoms with Crippen LogP contribution in [0, 0.1) is 11.2 Å². The average molecular weight is 308 g/mol. The molecule has 0 saturated heterocycles. The third-order valence-corrected chi connectivity index (χ3v) is 5.47. The van der Waals surface area contributed by atoms with E-state index in [1.165, 1.54) is 36.1 Å². The molecule has 0 bridgehead atoms. The maximum absolute atomic E-state index is 13.2. The number of benzene rings is 1. The molecule has 1 saturated carbocycles. The molecule has 0 amide bonds. The molecule has 1 atom stereocenters. The molecule has 0 spiro atoms. The third kappa shape index (κ3) is 2.18. The Labute approximate surface area is 136 Å². The summed E-state index contributed by atoms with van der Waals surface area (Å²) in [4.78, 5) is 0. The summed E-state index contributed by atoms with van der Waals surface area (Å²) in [5, 5.41) is 4.57. The molecular formula is C20H21FN2. The standard InChI is InChI=1S/C20H21FN2/c1-3-15-5-4-6-16-11-19-14(12-20(15,16)2)13-22-23(19)18-9-7-17(21)8-10-18/h3,7-11,13H,4-6,12H2,1-2H3/b15-3+. The second-order valence-corrected chi connectivity index (χ2v) is 6.79. The van der Waals surface area contributed by atoms with Crippen LogP contribution in [0.3, 0.4) is 0 Å². The molecule has 2 nitrogen and oxygen atoms in total. The van der Waals surface area contributed by atoms with Crippen molar-refractivity contribution in [2.75, 3.05) is 0 Å². The van der Waals surface area contributed by atoms with Gasteiger partial charge in [-0.15, -0.1) is 0 Å². The van der Waals surface area contributed by atoms with E-state index in [1.54, 1.807) is 17.7 Å². The van der Waals surface area contributed by atoms with E-state index in [4.69, 9.17) is 0 Å². The number of fused-ring (bicyclic) bond motifs is 2. The lowest BCUT2D eigenvalue weighted by Gasteiger charge is -2.41. The van der Waals surface area contributed by atoms with Crippen LogP contribution in [0.25, 0.3) is 11.8 Å². The van der Waals surface area contributed by atoms with Gasteiger partial charge in [-0.2, -0.15) is 5.10 Å². The number of halogens is 1. The van der Waals surface area contributed by atoms with Gasteiger partial charge in [0.2, 0.25) is 0 Å². The zero-order valence-electron chi connectivity index (χ0n) is 13.6. The van der Waals surface area contributed by atoms with Crippen molar-refractivity contribution >= 4 is 6.08 Å². The summed E-state index contributed by atoms with van der Waals surface area (Å²) < 4.78 is 15.1. The summed E-state index contributed by atoms with van der Waals surface area (Å²) in [7, 11) is 0. The lowest BCUT2D eigenvalue weighted by Crippen LogP contribution is -2.31. The fraction of sp³-hybridized carbons (Fsp3) is 0.350. The van der Waals surface area contributed by atoms with Crippen molar-refractivity contribution in [2.24, 2.45) is 5.41 Å². The van der Waals surface area contributed by atoms with Crippen LogP contribution in [0.1, 0.15) is 44.4 Å². The lowest BCUT2D eigenvalue weighted by atomic mass is 9.63. The normalized spacial score (nSPS) is 25.0. The van der Waals surface area contributed by atoms with E-state index < -0.39 is 0 Å². The van der Waals surface area contributed by atoms with Gasteiger partial charge in [0.15, 0.2) is 0 Å². The summed E-state index contributed by atoms with van der Waals surface area (Å²) in [6.45, 7) is 4.52. The minimum Gasteiger partial charge on any atom is -0.233 e. The molecule has 0 radical (unpaired) electrons. The highest BCUT2D eigenvalue weighted by atomic mass is 19.1. The second kappa shape index (κ2) is 5.19. The molecule has 23 heavy (non-hydrogen) atoms. The predicted octanol–water partition coefficient (Wildman–Crippen LogP) is 5.09. The molecule has 1 heterocycles. The van der Waals surface area contributed by atoms with Crippen molar-refractivity contribution in [2.45, 2.75) is 39.5 Å². The molecule has 2 aliphatic rings. The Balaban J connectivity index is 1.82. The number of hydrogen-bond donors (Lipinski definition) is 0. The van der Waals surface area contributed by atoms with E-state index in [-0.39, 0.29) is 11.2 Å². The molecule has 0 N–H and O–H groups in total. The first-order chi connectivity index (χ1) is 11.1. The van der Waals surface area contributed by atoms with Crippen LogP contribution in [-0.2, 0) is 6.42 Å². The van der Waals surface area contributed by atoms with Crippen molar-refractivity contribution < 1.29 is 4.39 Å². The van der Waals surface area contributed by atoms with Gasteiger partial charge in [-0.1, -0.05) is 24.1 Å². The number of aromatic nitrogens is 2. The second-order valence-electron chi connectivity index (χ2n) is 6.79. The summed E-state index contributed by atoms with van der Waals surface area (Å²) in [6, 6.07) is 6.55. The molecule has 4 rings (SSSR count). The van der Waals surface area contributed by atoms with Gasteiger partial charge in [0.25, 0.3) is 0 Å². The highest BCUT2D eigenvalue weighted by Gasteiger charge is 2.39. The highest BCUT2D eigenvalue weighted by Crippen LogP contribution is 2.50. The topological polar surface area (TPSA) is 17.8 Å². The number of allylic oxidation sites excluding steroid dienone is 3. The Bertz CT molecular complexity index is 811. The van der Waals surface area contributed by atoms with Crippen LogP contribution in [0.2, 0.25) is 0 Å². The predicted molar refractivity (Wildman–Crippen MR) is 90.9 cm³/mol. The summed E-state index contributed by atoms with van der Waals surface area (Å²) in [5.74, 6) is -0.217. The van der Waals surface area contributed by atoms with E-state index >= 15 is 0 Å². The molecule has 1 fully saturated rings. The first-order valence-corrected chi connectivity index (χ1v) is 8.31. The monoisotopic (exact) mass is 308 g/mol. The Morgan fingerprint density at radius 2 is 2.00 bits per heavy atom. The Morgan fingerprint density at radius 3 is 2.74 bits per heavy atom. The Morgan fingerprint density at radius 1 is 1.22 bits per heavy atom. The van der Waals surface area contributed by atoms with Crippen LogP contribution in [0.15, 0.2) is 47.7 Å². The first-order valence-electron chi connectivity index (χ1n) is 8.31. The molecule has 1 unspecified atom stereocenters. The summed E-state index contributed by atoms with van der Waals surface area (Å²) in [6.07, 6.45) is 11.2. The third-order valence-electron chi connectivity index (χ3n) is 5.47. The molecular weight excluding hydrogens is 287 g/mol. The first kappa shape index (κ1) is 14.4. The van der Waals surface area contributed by atoms with Crippen LogP contribution < -0.4 is 0 Å². The highest BCUT2D eigenvalue weighted by molar-refractivity contribution is 5.63. The molecule has 1 aromatic heterocycles. The van der Waals surface area contributed by atoms with Crippen molar-refractivity contribution in [3.63, 3.8) is 0 Å². The van der Waals surface area contributed by atoms with Crippen LogP contribution in [0.5, 0.6) is 0 Å². The summed E-state index contributed by atoms with van der Waals surface area (Å²) in [5.41, 5.74) is 6.55. The lowest BCUT2D eigenvalue weighted by molar-refractivity contribution is 0.399. The van der Waals surface area contributed by atoms with Gasteiger partial charge < -0.3 is 0 Å². The van der Waals surface area contributed by atoms with Crippen molar-refractivity contribution in [3.05, 3.63) is 64.8 Å². The van der Waals surface area contributed by atoms with Gasteiger partial charge in [-0.3, -0.25) is 0 Å². The Kier molecular flexibility index (Phi) is 3.26. The largest absolute Gasteiger partial charge is 0.233 e. The van der Waals surface area contributed by atoms with Crippen molar-refractivity contribution in [1.29, 1.82) is 0 Å². The molecule has 3 heteroatoms. The zero-order chi connectivity index (χ0) is 16.0. The minimum absolute atomic E-state index is 0.149. The van der Waals surface area contributed by atoms with Gasteiger partial charge in [0, 0.05) is 5.41 Å². The summed E-state index contributed by atoms with van der Waals surface area (Å²) >= 11 is 0. The molecule has 118 valence electrons. The van der Waals surface area contributed by atoms with Gasteiger partial charge in [-0.05, 0) is 68.5 Å². The van der Waals surface area contributed by atoms with E-state index in [2.05, 4.69) is 31.1 Å². The molecule has 0 aliphatic heterocycles. The van der Waals surface area contributed by atoms with E-state index in [1.807, 2.05) is 10.9 Å². The maximum Gasteiger partial charge on any atom is 0.123 e. The SMILES string of the molecule is C/C=C1\CCCC2=Cc3c(cnn3-c3ccc(F)cc3)CC21C. The zero-order valence-corrected chi connectivity index (χ0v) is 13.6. The number of nitrogens with zero attached hydrogens (tertiary/aromatic N) is 2. The van der Waals surface area contributed by atoms with E-state index in [0.717, 1.165) is 24.2 Å². The fourth-order valence-electron chi connectivity index (χ4n) is 4.16. The molecule has 2 aromatic rings. The quantitative estimate of drug-likeness (QED) is 0.671. The van der Waals surface area contributed by atoms with Crippen molar-refractivity contribution in [3.8, 4) is 5.69 Å². The van der Waals surface area contributed by atoms with Crippen LogP contribution in [-0.4, -0.2) is 9.78 Å². The van der Waals surface area contributed by atoms with Crippen LogP contribution in [0.4, 0.5) is 4.39 Å². The Hall–Kier alpha value is -2.16. The fourth-order valence-corrected chi connectivity index (χ4v) is 4.16. The van der Waals surface area contributed by atoms with E-state index in [9.17, 15) is 4.39 Å². The van der Waals surface area contributed by atoms with Gasteiger partial charge in [0.05, 0.1) is 17.6 Å². The number of hydrogen-bond acceptors (Lipinski definition) is 1. The van der Waals surface area contributed by atoms with Gasteiger partial charge >= 0.3 is 0 Å². The average Bonchev–Trinajstić information content (AvgIpc) is 2.94.